The van der Waals surface area contributed by atoms with Gasteiger partial charge in [0.15, 0.2) is 0 Å². The molecule has 1 unspecified atom stereocenters. The van der Waals surface area contributed by atoms with E-state index in [1.54, 1.807) is 0 Å². The highest BCUT2D eigenvalue weighted by Gasteiger charge is 2.23. The van der Waals surface area contributed by atoms with Gasteiger partial charge in [-0.15, -0.1) is 0 Å². The largest absolute Gasteiger partial charge is 0.492 e. The third kappa shape index (κ3) is 4.54. The zero-order valence-electron chi connectivity index (χ0n) is 14.7. The first kappa shape index (κ1) is 17.3. The quantitative estimate of drug-likeness (QED) is 0.645. The van der Waals surface area contributed by atoms with Gasteiger partial charge in [0.2, 0.25) is 0 Å². The maximum atomic E-state index is 5.96. The Labute approximate surface area is 149 Å². The summed E-state index contributed by atoms with van der Waals surface area (Å²) >= 11 is 0. The van der Waals surface area contributed by atoms with Crippen molar-refractivity contribution in [2.75, 3.05) is 6.61 Å². The molecule has 1 aliphatic rings. The molecule has 2 nitrogen and oxygen atoms in total. The van der Waals surface area contributed by atoms with Gasteiger partial charge in [0.25, 0.3) is 0 Å². The van der Waals surface area contributed by atoms with Crippen LogP contribution in [0.15, 0.2) is 53.6 Å². The van der Waals surface area contributed by atoms with Crippen molar-refractivity contribution in [2.45, 2.75) is 61.3 Å². The first-order chi connectivity index (χ1) is 11.9. The second-order valence-corrected chi connectivity index (χ2v) is 9.05. The molecule has 2 aromatic rings. The standard InChI is InChI=1S/C21H29NOS/c1-2-16-23-21-14-9-15-22-20(21)17-24(18-10-5-3-6-11-18)19-12-7-4-8-13-19/h3,5-6,9-11,14-15,19,24H,2,4,7-8,12-13,16-17H2,1H3. The molecule has 1 saturated carbocycles. The fourth-order valence-corrected chi connectivity index (χ4v) is 6.46. The molecule has 0 radical (unpaired) electrons. The summed E-state index contributed by atoms with van der Waals surface area (Å²) in [7, 11) is -0.224. The summed E-state index contributed by atoms with van der Waals surface area (Å²) in [5, 5.41) is 0.831. The molecule has 130 valence electrons. The average molecular weight is 344 g/mol. The molecule has 1 heterocycles. The molecule has 0 N–H and O–H groups in total. The molecule has 1 aliphatic carbocycles. The molecule has 1 atom stereocenters. The van der Waals surface area contributed by atoms with Crippen LogP contribution in [0.4, 0.5) is 0 Å². The molecule has 3 heteroatoms. The SMILES string of the molecule is CCCOc1cccnc1C[SH](c1ccccc1)C1CCCCC1. The van der Waals surface area contributed by atoms with E-state index in [2.05, 4.69) is 48.3 Å². The molecule has 1 aromatic heterocycles. The van der Waals surface area contributed by atoms with Crippen LogP contribution in [0.2, 0.25) is 0 Å². The van der Waals surface area contributed by atoms with Crippen LogP contribution >= 0.6 is 10.9 Å². The Bertz CT molecular complexity index is 610. The van der Waals surface area contributed by atoms with E-state index in [0.717, 1.165) is 35.5 Å². The lowest BCUT2D eigenvalue weighted by molar-refractivity contribution is 0.313. The molecular formula is C21H29NOS. The first-order valence-corrected chi connectivity index (χ1v) is 10.9. The van der Waals surface area contributed by atoms with Crippen molar-refractivity contribution in [3.63, 3.8) is 0 Å². The number of aromatic nitrogens is 1. The predicted molar refractivity (Wildman–Crippen MR) is 104 cm³/mol. The lowest BCUT2D eigenvalue weighted by Gasteiger charge is -2.34. The van der Waals surface area contributed by atoms with E-state index < -0.39 is 0 Å². The van der Waals surface area contributed by atoms with Crippen molar-refractivity contribution in [3.05, 3.63) is 54.4 Å². The number of benzene rings is 1. The van der Waals surface area contributed by atoms with Crippen molar-refractivity contribution >= 4 is 10.9 Å². The zero-order valence-corrected chi connectivity index (χ0v) is 15.6. The Kier molecular flexibility index (Phi) is 6.59. The number of hydrogen-bond donors (Lipinski definition) is 1. The Morgan fingerprint density at radius 1 is 1.04 bits per heavy atom. The molecule has 1 fully saturated rings. The van der Waals surface area contributed by atoms with Crippen LogP contribution in [-0.2, 0) is 5.75 Å². The normalized spacial score (nSPS) is 17.5. The van der Waals surface area contributed by atoms with E-state index in [0.29, 0.717) is 0 Å². The van der Waals surface area contributed by atoms with Crippen molar-refractivity contribution in [3.8, 4) is 5.75 Å². The van der Waals surface area contributed by atoms with Crippen molar-refractivity contribution in [2.24, 2.45) is 0 Å². The Balaban J connectivity index is 1.84. The number of nitrogens with zero attached hydrogens (tertiary/aromatic N) is 1. The Hall–Kier alpha value is -1.48. The van der Waals surface area contributed by atoms with Crippen LogP contribution in [0, 0.1) is 0 Å². The molecular weight excluding hydrogens is 314 g/mol. The predicted octanol–water partition coefficient (Wildman–Crippen LogP) is 5.76. The highest BCUT2D eigenvalue weighted by Crippen LogP contribution is 2.49. The minimum atomic E-state index is -0.224. The summed E-state index contributed by atoms with van der Waals surface area (Å²) in [5.74, 6) is 2.03. The average Bonchev–Trinajstić information content (AvgIpc) is 2.66. The summed E-state index contributed by atoms with van der Waals surface area (Å²) in [6.45, 7) is 2.92. The van der Waals surface area contributed by atoms with Crippen molar-refractivity contribution < 1.29 is 4.74 Å². The van der Waals surface area contributed by atoms with Crippen LogP contribution in [0.25, 0.3) is 0 Å². The van der Waals surface area contributed by atoms with Gasteiger partial charge in [0.05, 0.1) is 12.3 Å². The van der Waals surface area contributed by atoms with Crippen LogP contribution in [0.5, 0.6) is 5.75 Å². The van der Waals surface area contributed by atoms with Gasteiger partial charge in [-0.05, 0) is 41.5 Å². The van der Waals surface area contributed by atoms with Crippen molar-refractivity contribution in [1.82, 2.24) is 4.98 Å². The van der Waals surface area contributed by atoms with E-state index in [4.69, 9.17) is 4.74 Å². The van der Waals surface area contributed by atoms with Crippen molar-refractivity contribution in [1.29, 1.82) is 0 Å². The molecule has 1 aromatic carbocycles. The molecule has 0 aliphatic heterocycles. The first-order valence-electron chi connectivity index (χ1n) is 9.27. The second kappa shape index (κ2) is 9.12. The van der Waals surface area contributed by atoms with Crippen LogP contribution in [-0.4, -0.2) is 16.8 Å². The van der Waals surface area contributed by atoms with E-state index in [1.165, 1.54) is 37.0 Å². The molecule has 0 amide bonds. The van der Waals surface area contributed by atoms with Gasteiger partial charge in [0.1, 0.15) is 5.75 Å². The van der Waals surface area contributed by atoms with Gasteiger partial charge < -0.3 is 4.74 Å². The fraction of sp³-hybridized carbons (Fsp3) is 0.476. The monoisotopic (exact) mass is 343 g/mol. The van der Waals surface area contributed by atoms with Gasteiger partial charge in [0, 0.05) is 11.9 Å². The molecule has 0 saturated heterocycles. The summed E-state index contributed by atoms with van der Waals surface area (Å²) in [6, 6.07) is 15.2. The third-order valence-electron chi connectivity index (χ3n) is 4.73. The van der Waals surface area contributed by atoms with Crippen LogP contribution < -0.4 is 4.74 Å². The van der Waals surface area contributed by atoms with E-state index >= 15 is 0 Å². The summed E-state index contributed by atoms with van der Waals surface area (Å²) < 4.78 is 5.96. The Morgan fingerprint density at radius 3 is 2.58 bits per heavy atom. The van der Waals surface area contributed by atoms with Gasteiger partial charge in [-0.2, -0.15) is 0 Å². The Morgan fingerprint density at radius 2 is 1.83 bits per heavy atom. The van der Waals surface area contributed by atoms with E-state index in [9.17, 15) is 0 Å². The van der Waals surface area contributed by atoms with Crippen LogP contribution in [0.3, 0.4) is 0 Å². The van der Waals surface area contributed by atoms with Crippen LogP contribution in [0.1, 0.15) is 51.1 Å². The summed E-state index contributed by atoms with van der Waals surface area (Å²) in [6.07, 6.45) is 9.87. The zero-order chi connectivity index (χ0) is 16.6. The minimum absolute atomic E-state index is 0.224. The smallest absolute Gasteiger partial charge is 0.141 e. The number of pyridine rings is 1. The number of ether oxygens (including phenoxy) is 1. The van der Waals surface area contributed by atoms with Gasteiger partial charge in [-0.3, -0.25) is 4.98 Å². The maximum absolute atomic E-state index is 5.96. The minimum Gasteiger partial charge on any atom is -0.492 e. The summed E-state index contributed by atoms with van der Waals surface area (Å²) in [5.41, 5.74) is 1.14. The third-order valence-corrected chi connectivity index (χ3v) is 7.73. The number of rotatable bonds is 7. The molecule has 24 heavy (non-hydrogen) atoms. The fourth-order valence-electron chi connectivity index (χ4n) is 3.49. The number of hydrogen-bond acceptors (Lipinski definition) is 2. The molecule has 0 spiro atoms. The topological polar surface area (TPSA) is 22.1 Å². The molecule has 0 bridgehead atoms. The summed E-state index contributed by atoms with van der Waals surface area (Å²) in [4.78, 5) is 6.20. The number of thiol groups is 1. The molecule has 3 rings (SSSR count). The van der Waals surface area contributed by atoms with Gasteiger partial charge in [-0.1, -0.05) is 56.5 Å². The van der Waals surface area contributed by atoms with E-state index in [1.807, 2.05) is 12.3 Å². The maximum Gasteiger partial charge on any atom is 0.141 e. The highest BCUT2D eigenvalue weighted by molar-refractivity contribution is 8.16. The lowest BCUT2D eigenvalue weighted by Crippen LogP contribution is -2.15. The van der Waals surface area contributed by atoms with Gasteiger partial charge in [-0.25, -0.2) is 10.9 Å². The van der Waals surface area contributed by atoms with E-state index in [-0.39, 0.29) is 10.9 Å². The van der Waals surface area contributed by atoms with Gasteiger partial charge >= 0.3 is 0 Å². The highest BCUT2D eigenvalue weighted by atomic mass is 32.2. The second-order valence-electron chi connectivity index (χ2n) is 6.55. The lowest BCUT2D eigenvalue weighted by atomic mass is 10.0.